The Morgan fingerprint density at radius 3 is 2.66 bits per heavy atom. The van der Waals surface area contributed by atoms with Gasteiger partial charge in [-0.2, -0.15) is 10.2 Å². The molecule has 1 aliphatic carbocycles. The molecule has 7 nitrogen and oxygen atoms in total. The Hall–Kier alpha value is -3.13. The summed E-state index contributed by atoms with van der Waals surface area (Å²) in [6.45, 7) is 1.99. The molecule has 1 amide bonds. The van der Waals surface area contributed by atoms with E-state index in [4.69, 9.17) is 4.98 Å². The smallest absolute Gasteiger partial charge is 0.256 e. The maximum absolute atomic E-state index is 13.3. The number of nitrogens with zero attached hydrogens (tertiary/aromatic N) is 5. The van der Waals surface area contributed by atoms with Crippen molar-refractivity contribution in [2.75, 3.05) is 5.32 Å². The van der Waals surface area contributed by atoms with Crippen molar-refractivity contribution >= 4 is 38.4 Å². The van der Waals surface area contributed by atoms with Crippen LogP contribution < -0.4 is 5.32 Å². The molecule has 0 bridgehead atoms. The molecular weight excluding hydrogens is 432 g/mol. The van der Waals surface area contributed by atoms with E-state index in [1.807, 2.05) is 25.1 Å². The lowest BCUT2D eigenvalue weighted by Crippen LogP contribution is -2.16. The van der Waals surface area contributed by atoms with E-state index in [9.17, 15) is 4.79 Å². The summed E-state index contributed by atoms with van der Waals surface area (Å²) in [4.78, 5) is 23.8. The van der Waals surface area contributed by atoms with E-state index in [1.165, 1.54) is 4.80 Å². The van der Waals surface area contributed by atoms with Crippen LogP contribution in [0.15, 0.2) is 53.4 Å². The third-order valence-electron chi connectivity index (χ3n) is 5.05. The lowest BCUT2D eigenvalue weighted by Gasteiger charge is -2.15. The van der Waals surface area contributed by atoms with Crippen LogP contribution in [0.25, 0.3) is 16.7 Å². The van der Waals surface area contributed by atoms with Crippen LogP contribution in [0.4, 0.5) is 5.69 Å². The Morgan fingerprint density at radius 2 is 1.97 bits per heavy atom. The Labute approximate surface area is 175 Å². The largest absolute Gasteiger partial charge is 0.321 e. The minimum atomic E-state index is -0.165. The number of halogens is 1. The summed E-state index contributed by atoms with van der Waals surface area (Å²) in [6, 6.07) is 9.41. The second kappa shape index (κ2) is 7.04. The van der Waals surface area contributed by atoms with Crippen molar-refractivity contribution in [1.29, 1.82) is 0 Å². The molecule has 1 aliphatic rings. The van der Waals surface area contributed by atoms with Gasteiger partial charge in [-0.3, -0.25) is 9.78 Å². The highest BCUT2D eigenvalue weighted by Gasteiger charge is 2.30. The predicted molar refractivity (Wildman–Crippen MR) is 113 cm³/mol. The highest BCUT2D eigenvalue weighted by Crippen LogP contribution is 2.42. The lowest BCUT2D eigenvalue weighted by atomic mass is 9.98. The van der Waals surface area contributed by atoms with Crippen LogP contribution in [0.5, 0.6) is 0 Å². The summed E-state index contributed by atoms with van der Waals surface area (Å²) in [5, 5.41) is 11.9. The fraction of sp³-hybridized carbons (Fsp3) is 0.190. The highest BCUT2D eigenvalue weighted by atomic mass is 79.9. The second-order valence-corrected chi connectivity index (χ2v) is 8.03. The molecule has 5 rings (SSSR count). The van der Waals surface area contributed by atoms with Crippen LogP contribution in [0.3, 0.4) is 0 Å². The molecular formula is C21H17BrN6O. The first-order valence-electron chi connectivity index (χ1n) is 9.34. The van der Waals surface area contributed by atoms with Crippen molar-refractivity contribution in [2.24, 2.45) is 0 Å². The van der Waals surface area contributed by atoms with Crippen LogP contribution in [0.1, 0.15) is 40.4 Å². The number of nitrogens with one attached hydrogen (secondary N) is 1. The maximum Gasteiger partial charge on any atom is 0.256 e. The minimum absolute atomic E-state index is 0.165. The zero-order valence-electron chi connectivity index (χ0n) is 15.6. The standard InChI is InChI=1S/C21H17BrN6O/c1-12-19(16-10-14(22)4-6-17(16)27-20(12)13-2-3-13)21(29)26-15-5-7-18(23-11-15)28-24-8-9-25-28/h4-11,13H,2-3H2,1H3,(H,26,29). The number of rotatable bonds is 4. The van der Waals surface area contributed by atoms with E-state index < -0.39 is 0 Å². The monoisotopic (exact) mass is 448 g/mol. The number of aromatic nitrogens is 5. The Kier molecular flexibility index (Phi) is 4.35. The number of hydrogen-bond donors (Lipinski definition) is 1. The Morgan fingerprint density at radius 1 is 1.17 bits per heavy atom. The molecule has 0 atom stereocenters. The van der Waals surface area contributed by atoms with Crippen LogP contribution in [-0.2, 0) is 0 Å². The third-order valence-corrected chi connectivity index (χ3v) is 5.54. The molecule has 0 unspecified atom stereocenters. The zero-order chi connectivity index (χ0) is 20.0. The van der Waals surface area contributed by atoms with Gasteiger partial charge in [-0.25, -0.2) is 4.98 Å². The molecule has 4 aromatic rings. The van der Waals surface area contributed by atoms with Gasteiger partial charge in [-0.15, -0.1) is 4.80 Å². The molecule has 144 valence electrons. The lowest BCUT2D eigenvalue weighted by molar-refractivity contribution is 0.102. The molecule has 8 heteroatoms. The average molecular weight is 449 g/mol. The number of carbonyl (C=O) groups excluding carboxylic acids is 1. The summed E-state index contributed by atoms with van der Waals surface area (Å²) in [7, 11) is 0. The fourth-order valence-electron chi connectivity index (χ4n) is 3.50. The molecule has 1 aromatic carbocycles. The molecule has 1 saturated carbocycles. The second-order valence-electron chi connectivity index (χ2n) is 7.11. The zero-order valence-corrected chi connectivity index (χ0v) is 17.2. The van der Waals surface area contributed by atoms with Gasteiger partial charge in [0.2, 0.25) is 0 Å². The van der Waals surface area contributed by atoms with E-state index >= 15 is 0 Å². The van der Waals surface area contributed by atoms with Gasteiger partial charge in [-0.1, -0.05) is 15.9 Å². The normalized spacial score (nSPS) is 13.6. The summed E-state index contributed by atoms with van der Waals surface area (Å²) < 4.78 is 0.914. The number of benzene rings is 1. The topological polar surface area (TPSA) is 85.6 Å². The average Bonchev–Trinajstić information content (AvgIpc) is 3.41. The van der Waals surface area contributed by atoms with Crippen molar-refractivity contribution < 1.29 is 4.79 Å². The number of pyridine rings is 2. The van der Waals surface area contributed by atoms with Gasteiger partial charge in [0, 0.05) is 21.5 Å². The molecule has 0 spiro atoms. The Bertz CT molecular complexity index is 1220. The Balaban J connectivity index is 1.52. The van der Waals surface area contributed by atoms with Gasteiger partial charge < -0.3 is 5.32 Å². The fourth-order valence-corrected chi connectivity index (χ4v) is 3.86. The van der Waals surface area contributed by atoms with Gasteiger partial charge in [0.15, 0.2) is 5.82 Å². The number of anilines is 1. The number of amides is 1. The van der Waals surface area contributed by atoms with Gasteiger partial charge in [0.1, 0.15) is 0 Å². The summed E-state index contributed by atoms with van der Waals surface area (Å²) in [6.07, 6.45) is 7.04. The van der Waals surface area contributed by atoms with Crippen LogP contribution in [-0.4, -0.2) is 30.9 Å². The molecule has 3 aromatic heterocycles. The minimum Gasteiger partial charge on any atom is -0.321 e. The van der Waals surface area contributed by atoms with E-state index in [-0.39, 0.29) is 5.91 Å². The van der Waals surface area contributed by atoms with Crippen molar-refractivity contribution in [2.45, 2.75) is 25.7 Å². The van der Waals surface area contributed by atoms with Gasteiger partial charge in [0.25, 0.3) is 5.91 Å². The maximum atomic E-state index is 13.3. The number of hydrogen-bond acceptors (Lipinski definition) is 5. The van der Waals surface area contributed by atoms with Crippen LogP contribution >= 0.6 is 15.9 Å². The van der Waals surface area contributed by atoms with E-state index in [0.717, 1.165) is 39.5 Å². The molecule has 0 saturated heterocycles. The SMILES string of the molecule is Cc1c(C2CC2)nc2ccc(Br)cc2c1C(=O)Nc1ccc(-n2nccn2)nc1. The van der Waals surface area contributed by atoms with E-state index in [1.54, 1.807) is 30.7 Å². The van der Waals surface area contributed by atoms with Crippen molar-refractivity contribution in [3.05, 3.63) is 70.2 Å². The summed E-state index contributed by atoms with van der Waals surface area (Å²) >= 11 is 3.51. The van der Waals surface area contributed by atoms with Crippen LogP contribution in [0, 0.1) is 6.92 Å². The number of carbonyl (C=O) groups is 1. The van der Waals surface area contributed by atoms with Gasteiger partial charge >= 0.3 is 0 Å². The first kappa shape index (κ1) is 17.9. The summed E-state index contributed by atoms with van der Waals surface area (Å²) in [5.74, 6) is 0.872. The molecule has 3 heterocycles. The third kappa shape index (κ3) is 3.40. The highest BCUT2D eigenvalue weighted by molar-refractivity contribution is 9.10. The quantitative estimate of drug-likeness (QED) is 0.499. The first-order valence-corrected chi connectivity index (χ1v) is 10.1. The molecule has 0 aliphatic heterocycles. The molecule has 1 fully saturated rings. The van der Waals surface area contributed by atoms with Gasteiger partial charge in [-0.05, 0) is 55.7 Å². The van der Waals surface area contributed by atoms with E-state index in [0.29, 0.717) is 23.0 Å². The van der Waals surface area contributed by atoms with Gasteiger partial charge in [0.05, 0.1) is 35.4 Å². The number of fused-ring (bicyclic) bond motifs is 1. The molecule has 29 heavy (non-hydrogen) atoms. The van der Waals surface area contributed by atoms with Crippen molar-refractivity contribution in [3.63, 3.8) is 0 Å². The molecule has 1 N–H and O–H groups in total. The van der Waals surface area contributed by atoms with Crippen LogP contribution in [0.2, 0.25) is 0 Å². The molecule has 0 radical (unpaired) electrons. The van der Waals surface area contributed by atoms with Crippen molar-refractivity contribution in [1.82, 2.24) is 25.0 Å². The predicted octanol–water partition coefficient (Wildman–Crippen LogP) is 4.41. The van der Waals surface area contributed by atoms with Crippen molar-refractivity contribution in [3.8, 4) is 5.82 Å². The van der Waals surface area contributed by atoms with E-state index in [2.05, 4.69) is 36.4 Å². The first-order chi connectivity index (χ1) is 14.1. The summed E-state index contributed by atoms with van der Waals surface area (Å²) in [5.41, 5.74) is 4.09.